The van der Waals surface area contributed by atoms with Crippen LogP contribution in [0.4, 0.5) is 17.6 Å². The summed E-state index contributed by atoms with van der Waals surface area (Å²) in [7, 11) is 0. The lowest BCUT2D eigenvalue weighted by molar-refractivity contribution is -0.141. The van der Waals surface area contributed by atoms with E-state index in [9.17, 15) is 22.4 Å². The quantitative estimate of drug-likeness (QED) is 0.442. The monoisotopic (exact) mass is 308 g/mol. The van der Waals surface area contributed by atoms with E-state index < -0.39 is 24.6 Å². The second-order valence-electron chi connectivity index (χ2n) is 4.26. The summed E-state index contributed by atoms with van der Waals surface area (Å²) in [5.74, 6) is -1.64. The molecule has 0 atom stereocenters. The van der Waals surface area contributed by atoms with E-state index >= 15 is 0 Å². The van der Waals surface area contributed by atoms with Crippen LogP contribution in [-0.2, 0) is 4.74 Å². The minimum absolute atomic E-state index is 0.0861. The third kappa shape index (κ3) is 6.52. The van der Waals surface area contributed by atoms with Gasteiger partial charge in [0.1, 0.15) is 6.54 Å². The number of ether oxygens (including phenoxy) is 1. The summed E-state index contributed by atoms with van der Waals surface area (Å²) in [6.07, 6.45) is -3.30. The van der Waals surface area contributed by atoms with Gasteiger partial charge in [-0.1, -0.05) is 0 Å². The molecule has 0 unspecified atom stereocenters. The molecule has 4 nitrogen and oxygen atoms in total. The number of carbonyl (C=O) groups is 1. The van der Waals surface area contributed by atoms with Crippen LogP contribution >= 0.6 is 0 Å². The van der Waals surface area contributed by atoms with Crippen LogP contribution in [0.25, 0.3) is 0 Å². The molecule has 0 spiro atoms. The molecule has 0 aliphatic carbocycles. The first-order valence-electron chi connectivity index (χ1n) is 6.39. The van der Waals surface area contributed by atoms with Crippen LogP contribution in [0, 0.1) is 5.95 Å². The molecule has 0 fully saturated rings. The van der Waals surface area contributed by atoms with Crippen molar-refractivity contribution >= 4 is 5.91 Å². The first-order chi connectivity index (χ1) is 9.83. The molecule has 8 heteroatoms. The summed E-state index contributed by atoms with van der Waals surface area (Å²) < 4.78 is 55.3. The normalized spacial score (nSPS) is 11.5. The third-order valence-corrected chi connectivity index (χ3v) is 2.55. The molecule has 1 aromatic heterocycles. The highest BCUT2D eigenvalue weighted by molar-refractivity contribution is 5.93. The van der Waals surface area contributed by atoms with Gasteiger partial charge in [0, 0.05) is 26.0 Å². The first kappa shape index (κ1) is 17.4. The number of carbonyl (C=O) groups excluding carboxylic acids is 1. The average molecular weight is 308 g/mol. The van der Waals surface area contributed by atoms with Crippen LogP contribution in [0.1, 0.15) is 23.7 Å². The molecule has 0 N–H and O–H groups in total. The number of hydrogen-bond acceptors (Lipinski definition) is 3. The van der Waals surface area contributed by atoms with Crippen LogP contribution in [0.15, 0.2) is 18.3 Å². The van der Waals surface area contributed by atoms with E-state index in [2.05, 4.69) is 4.98 Å². The SMILES string of the molecule is CCOCCCN(CC(F)(F)F)C(=O)c1ccc(F)nc1. The molecule has 0 aliphatic rings. The van der Waals surface area contributed by atoms with Crippen molar-refractivity contribution in [2.45, 2.75) is 19.5 Å². The number of hydrogen-bond donors (Lipinski definition) is 0. The van der Waals surface area contributed by atoms with Crippen molar-refractivity contribution < 1.29 is 27.1 Å². The maximum absolute atomic E-state index is 12.7. The molecule has 21 heavy (non-hydrogen) atoms. The van der Waals surface area contributed by atoms with Crippen molar-refractivity contribution in [1.29, 1.82) is 0 Å². The van der Waals surface area contributed by atoms with E-state index in [4.69, 9.17) is 4.74 Å². The zero-order chi connectivity index (χ0) is 15.9. The van der Waals surface area contributed by atoms with Gasteiger partial charge in [-0.25, -0.2) is 4.98 Å². The number of amides is 1. The van der Waals surface area contributed by atoms with Gasteiger partial charge in [-0.05, 0) is 25.5 Å². The van der Waals surface area contributed by atoms with E-state index in [1.54, 1.807) is 6.92 Å². The van der Waals surface area contributed by atoms with Crippen molar-refractivity contribution in [2.75, 3.05) is 26.3 Å². The molecular formula is C13H16F4N2O2. The fourth-order valence-electron chi connectivity index (χ4n) is 1.66. The zero-order valence-corrected chi connectivity index (χ0v) is 11.5. The van der Waals surface area contributed by atoms with Crippen LogP contribution in [0.3, 0.4) is 0 Å². The van der Waals surface area contributed by atoms with Crippen molar-refractivity contribution in [3.05, 3.63) is 29.8 Å². The standard InChI is InChI=1S/C13H16F4N2O2/c1-2-21-7-3-6-19(9-13(15,16)17)12(20)10-4-5-11(14)18-8-10/h4-5,8H,2-3,6-7,9H2,1H3. The largest absolute Gasteiger partial charge is 0.406 e. The van der Waals surface area contributed by atoms with E-state index in [0.717, 1.165) is 18.3 Å². The van der Waals surface area contributed by atoms with Gasteiger partial charge in [0.2, 0.25) is 5.95 Å². The van der Waals surface area contributed by atoms with E-state index in [0.29, 0.717) is 11.5 Å². The van der Waals surface area contributed by atoms with Crippen LogP contribution in [0.5, 0.6) is 0 Å². The Morgan fingerprint density at radius 2 is 2.10 bits per heavy atom. The van der Waals surface area contributed by atoms with E-state index in [1.165, 1.54) is 0 Å². The number of alkyl halides is 3. The minimum atomic E-state index is -4.51. The summed E-state index contributed by atoms with van der Waals surface area (Å²) in [5.41, 5.74) is -0.0861. The summed E-state index contributed by atoms with van der Waals surface area (Å²) >= 11 is 0. The number of halogens is 4. The maximum Gasteiger partial charge on any atom is 0.406 e. The zero-order valence-electron chi connectivity index (χ0n) is 11.5. The Kier molecular flexibility index (Phi) is 6.54. The molecule has 0 aliphatic heterocycles. The predicted molar refractivity (Wildman–Crippen MR) is 67.3 cm³/mol. The molecule has 1 amide bonds. The van der Waals surface area contributed by atoms with Gasteiger partial charge in [-0.2, -0.15) is 17.6 Å². The number of aromatic nitrogens is 1. The molecule has 0 radical (unpaired) electrons. The van der Waals surface area contributed by atoms with Gasteiger partial charge < -0.3 is 9.64 Å². The Bertz CT molecular complexity index is 448. The van der Waals surface area contributed by atoms with E-state index in [-0.39, 0.29) is 25.1 Å². The fourth-order valence-corrected chi connectivity index (χ4v) is 1.66. The Morgan fingerprint density at radius 1 is 1.38 bits per heavy atom. The average Bonchev–Trinajstić information content (AvgIpc) is 2.41. The fraction of sp³-hybridized carbons (Fsp3) is 0.538. The van der Waals surface area contributed by atoms with Gasteiger partial charge in [-0.15, -0.1) is 0 Å². The topological polar surface area (TPSA) is 42.4 Å². The van der Waals surface area contributed by atoms with Gasteiger partial charge in [0.25, 0.3) is 5.91 Å². The molecular weight excluding hydrogens is 292 g/mol. The predicted octanol–water partition coefficient (Wildman–Crippen LogP) is 2.65. The van der Waals surface area contributed by atoms with Crippen LogP contribution < -0.4 is 0 Å². The summed E-state index contributed by atoms with van der Waals surface area (Å²) in [6, 6.07) is 2.04. The Labute approximate surface area is 119 Å². The smallest absolute Gasteiger partial charge is 0.382 e. The van der Waals surface area contributed by atoms with Gasteiger partial charge in [0.05, 0.1) is 5.56 Å². The van der Waals surface area contributed by atoms with Gasteiger partial charge in [0.15, 0.2) is 0 Å². The molecule has 1 heterocycles. The molecule has 0 saturated heterocycles. The van der Waals surface area contributed by atoms with Gasteiger partial charge in [-0.3, -0.25) is 4.79 Å². The first-order valence-corrected chi connectivity index (χ1v) is 6.39. The maximum atomic E-state index is 12.7. The third-order valence-electron chi connectivity index (χ3n) is 2.55. The lowest BCUT2D eigenvalue weighted by Gasteiger charge is -2.24. The highest BCUT2D eigenvalue weighted by atomic mass is 19.4. The summed E-state index contributed by atoms with van der Waals surface area (Å²) in [6.45, 7) is 1.02. The lowest BCUT2D eigenvalue weighted by atomic mass is 10.2. The molecule has 0 saturated carbocycles. The highest BCUT2D eigenvalue weighted by Gasteiger charge is 2.33. The van der Waals surface area contributed by atoms with Crippen LogP contribution in [0.2, 0.25) is 0 Å². The number of nitrogens with zero attached hydrogens (tertiary/aromatic N) is 2. The Morgan fingerprint density at radius 3 is 2.62 bits per heavy atom. The highest BCUT2D eigenvalue weighted by Crippen LogP contribution is 2.18. The Hall–Kier alpha value is -1.70. The second-order valence-corrected chi connectivity index (χ2v) is 4.26. The molecule has 118 valence electrons. The summed E-state index contributed by atoms with van der Waals surface area (Å²) in [5, 5.41) is 0. The summed E-state index contributed by atoms with van der Waals surface area (Å²) in [4.78, 5) is 15.9. The van der Waals surface area contributed by atoms with Crippen molar-refractivity contribution in [3.63, 3.8) is 0 Å². The second kappa shape index (κ2) is 7.92. The molecule has 1 aromatic rings. The molecule has 1 rings (SSSR count). The van der Waals surface area contributed by atoms with Crippen molar-refractivity contribution in [1.82, 2.24) is 9.88 Å². The minimum Gasteiger partial charge on any atom is -0.382 e. The van der Waals surface area contributed by atoms with E-state index in [1.807, 2.05) is 0 Å². The Balaban J connectivity index is 2.74. The lowest BCUT2D eigenvalue weighted by Crippen LogP contribution is -2.40. The van der Waals surface area contributed by atoms with Crippen molar-refractivity contribution in [2.24, 2.45) is 0 Å². The number of pyridine rings is 1. The number of rotatable bonds is 7. The molecule has 0 aromatic carbocycles. The van der Waals surface area contributed by atoms with Crippen LogP contribution in [-0.4, -0.2) is 48.3 Å². The van der Waals surface area contributed by atoms with Gasteiger partial charge >= 0.3 is 6.18 Å². The van der Waals surface area contributed by atoms with Crippen molar-refractivity contribution in [3.8, 4) is 0 Å². The molecule has 0 bridgehead atoms.